The van der Waals surface area contributed by atoms with Crippen LogP contribution in [0.4, 0.5) is 0 Å². The Hall–Kier alpha value is -2.30. The number of likely N-dealkylation sites (N-methyl/N-ethyl adjacent to an activating group) is 1. The Bertz CT molecular complexity index is 607. The summed E-state index contributed by atoms with van der Waals surface area (Å²) in [5, 5.41) is 4.10. The highest BCUT2D eigenvalue weighted by molar-refractivity contribution is 5.77. The van der Waals surface area contributed by atoms with Gasteiger partial charge in [0.2, 0.25) is 0 Å². The molecule has 0 N–H and O–H groups in total. The van der Waals surface area contributed by atoms with Crippen LogP contribution >= 0.6 is 0 Å². The molecule has 1 heterocycles. The first-order valence-electron chi connectivity index (χ1n) is 7.04. The summed E-state index contributed by atoms with van der Waals surface area (Å²) >= 11 is 0. The van der Waals surface area contributed by atoms with Crippen molar-refractivity contribution in [2.45, 2.75) is 26.9 Å². The van der Waals surface area contributed by atoms with Crippen LogP contribution in [0.25, 0.3) is 0 Å². The third-order valence-corrected chi connectivity index (χ3v) is 3.39. The SMILES string of the molecule is CCn1cc(OCC(=O)N(C)Cc2ccccc2C)cn1. The zero-order valence-electron chi connectivity index (χ0n) is 12.7. The smallest absolute Gasteiger partial charge is 0.260 e. The average molecular weight is 287 g/mol. The zero-order chi connectivity index (χ0) is 15.2. The number of carbonyl (C=O) groups excluding carboxylic acids is 1. The number of rotatable bonds is 6. The van der Waals surface area contributed by atoms with Gasteiger partial charge >= 0.3 is 0 Å². The third kappa shape index (κ3) is 4.08. The minimum absolute atomic E-state index is 0.0256. The molecule has 1 aromatic heterocycles. The van der Waals surface area contributed by atoms with E-state index in [1.54, 1.807) is 29.0 Å². The molecule has 0 atom stereocenters. The summed E-state index contributed by atoms with van der Waals surface area (Å²) in [6.45, 7) is 5.44. The molecule has 5 heteroatoms. The predicted molar refractivity (Wildman–Crippen MR) is 81.0 cm³/mol. The number of ether oxygens (including phenoxy) is 1. The van der Waals surface area contributed by atoms with Crippen LogP contribution in [0.3, 0.4) is 0 Å². The lowest BCUT2D eigenvalue weighted by Crippen LogP contribution is -2.31. The Balaban J connectivity index is 1.86. The number of aromatic nitrogens is 2. The van der Waals surface area contributed by atoms with Crippen molar-refractivity contribution in [1.82, 2.24) is 14.7 Å². The second-order valence-corrected chi connectivity index (χ2v) is 5.00. The molecule has 112 valence electrons. The second kappa shape index (κ2) is 6.92. The standard InChI is InChI=1S/C16H21N3O2/c1-4-19-11-15(9-17-19)21-12-16(20)18(3)10-14-8-6-5-7-13(14)2/h5-9,11H,4,10,12H2,1-3H3. The van der Waals surface area contributed by atoms with Gasteiger partial charge in [0.1, 0.15) is 0 Å². The molecule has 1 amide bonds. The van der Waals surface area contributed by atoms with E-state index in [9.17, 15) is 4.79 Å². The van der Waals surface area contributed by atoms with Gasteiger partial charge in [-0.2, -0.15) is 5.10 Å². The summed E-state index contributed by atoms with van der Waals surface area (Å²) in [5.41, 5.74) is 2.33. The number of hydrogen-bond acceptors (Lipinski definition) is 3. The first kappa shape index (κ1) is 15.1. The number of amides is 1. The summed E-state index contributed by atoms with van der Waals surface area (Å²) < 4.78 is 7.23. The Morgan fingerprint density at radius 3 is 2.81 bits per heavy atom. The summed E-state index contributed by atoms with van der Waals surface area (Å²) in [7, 11) is 1.79. The summed E-state index contributed by atoms with van der Waals surface area (Å²) in [5.74, 6) is 0.567. The van der Waals surface area contributed by atoms with Gasteiger partial charge in [-0.05, 0) is 25.0 Å². The molecule has 0 aliphatic heterocycles. The van der Waals surface area contributed by atoms with Gasteiger partial charge < -0.3 is 9.64 Å². The Kier molecular flexibility index (Phi) is 4.98. The molecule has 0 radical (unpaired) electrons. The van der Waals surface area contributed by atoms with Gasteiger partial charge in [0.15, 0.2) is 12.4 Å². The van der Waals surface area contributed by atoms with Crippen molar-refractivity contribution in [3.63, 3.8) is 0 Å². The topological polar surface area (TPSA) is 47.4 Å². The fourth-order valence-electron chi connectivity index (χ4n) is 1.98. The number of benzene rings is 1. The normalized spacial score (nSPS) is 10.4. The summed E-state index contributed by atoms with van der Waals surface area (Å²) in [6, 6.07) is 8.06. The van der Waals surface area contributed by atoms with Crippen LogP contribution in [0.15, 0.2) is 36.7 Å². The van der Waals surface area contributed by atoms with Crippen LogP contribution in [0.1, 0.15) is 18.1 Å². The number of aryl methyl sites for hydroxylation is 2. The molecule has 0 aliphatic carbocycles. The zero-order valence-corrected chi connectivity index (χ0v) is 12.7. The molecule has 0 saturated carbocycles. The van der Waals surface area contributed by atoms with E-state index in [0.29, 0.717) is 12.3 Å². The first-order chi connectivity index (χ1) is 10.1. The van der Waals surface area contributed by atoms with Gasteiger partial charge in [-0.25, -0.2) is 0 Å². The first-order valence-corrected chi connectivity index (χ1v) is 7.04. The quantitative estimate of drug-likeness (QED) is 0.818. The fourth-order valence-corrected chi connectivity index (χ4v) is 1.98. The van der Waals surface area contributed by atoms with E-state index >= 15 is 0 Å². The minimum Gasteiger partial charge on any atom is -0.480 e. The third-order valence-electron chi connectivity index (χ3n) is 3.39. The van der Waals surface area contributed by atoms with Gasteiger partial charge in [-0.15, -0.1) is 0 Å². The maximum atomic E-state index is 12.1. The molecule has 1 aromatic carbocycles. The highest BCUT2D eigenvalue weighted by Crippen LogP contribution is 2.11. The molecule has 0 unspecified atom stereocenters. The van der Waals surface area contributed by atoms with E-state index in [-0.39, 0.29) is 12.5 Å². The summed E-state index contributed by atoms with van der Waals surface area (Å²) in [4.78, 5) is 13.8. The second-order valence-electron chi connectivity index (χ2n) is 5.00. The molecule has 0 spiro atoms. The molecule has 5 nitrogen and oxygen atoms in total. The van der Waals surface area contributed by atoms with Crippen LogP contribution in [0.5, 0.6) is 5.75 Å². The molecule has 0 bridgehead atoms. The van der Waals surface area contributed by atoms with E-state index in [2.05, 4.69) is 5.10 Å². The largest absolute Gasteiger partial charge is 0.480 e. The minimum atomic E-state index is -0.0532. The van der Waals surface area contributed by atoms with Crippen molar-refractivity contribution in [2.24, 2.45) is 0 Å². The van der Waals surface area contributed by atoms with E-state index in [4.69, 9.17) is 4.74 Å². The van der Waals surface area contributed by atoms with Crippen molar-refractivity contribution in [3.05, 3.63) is 47.8 Å². The molecule has 21 heavy (non-hydrogen) atoms. The Morgan fingerprint density at radius 1 is 1.38 bits per heavy atom. The molecule has 2 aromatic rings. The van der Waals surface area contributed by atoms with Gasteiger partial charge in [0, 0.05) is 20.1 Å². The summed E-state index contributed by atoms with van der Waals surface area (Å²) in [6.07, 6.45) is 3.41. The van der Waals surface area contributed by atoms with Gasteiger partial charge in [0.25, 0.3) is 5.91 Å². The lowest BCUT2D eigenvalue weighted by Gasteiger charge is -2.18. The van der Waals surface area contributed by atoms with Crippen LogP contribution in [0.2, 0.25) is 0 Å². The van der Waals surface area contributed by atoms with Crippen molar-refractivity contribution < 1.29 is 9.53 Å². The van der Waals surface area contributed by atoms with Crippen LogP contribution in [-0.2, 0) is 17.9 Å². The predicted octanol–water partition coefficient (Wildman–Crippen LogP) is 2.25. The van der Waals surface area contributed by atoms with Gasteiger partial charge in [-0.1, -0.05) is 24.3 Å². The highest BCUT2D eigenvalue weighted by atomic mass is 16.5. The van der Waals surface area contributed by atoms with Gasteiger partial charge in [0.05, 0.1) is 12.4 Å². The Labute approximate surface area is 125 Å². The highest BCUT2D eigenvalue weighted by Gasteiger charge is 2.11. The molecule has 0 saturated heterocycles. The van der Waals surface area contributed by atoms with Crippen LogP contribution in [-0.4, -0.2) is 34.2 Å². The maximum absolute atomic E-state index is 12.1. The molecular formula is C16H21N3O2. The van der Waals surface area contributed by atoms with Crippen molar-refractivity contribution >= 4 is 5.91 Å². The monoisotopic (exact) mass is 287 g/mol. The van der Waals surface area contributed by atoms with E-state index in [0.717, 1.165) is 12.1 Å². The number of hydrogen-bond donors (Lipinski definition) is 0. The molecular weight excluding hydrogens is 266 g/mol. The van der Waals surface area contributed by atoms with Crippen molar-refractivity contribution in [2.75, 3.05) is 13.7 Å². The van der Waals surface area contributed by atoms with E-state index in [1.807, 2.05) is 38.1 Å². The molecule has 2 rings (SSSR count). The molecule has 0 fully saturated rings. The lowest BCUT2D eigenvalue weighted by molar-refractivity contribution is -0.132. The Morgan fingerprint density at radius 2 is 2.14 bits per heavy atom. The van der Waals surface area contributed by atoms with Crippen LogP contribution in [0, 0.1) is 6.92 Å². The molecule has 0 aliphatic rings. The van der Waals surface area contributed by atoms with Crippen molar-refractivity contribution in [3.8, 4) is 5.75 Å². The van der Waals surface area contributed by atoms with E-state index < -0.39 is 0 Å². The number of nitrogens with zero attached hydrogens (tertiary/aromatic N) is 3. The maximum Gasteiger partial charge on any atom is 0.260 e. The van der Waals surface area contributed by atoms with Crippen LogP contribution < -0.4 is 4.74 Å². The number of carbonyl (C=O) groups is 1. The van der Waals surface area contributed by atoms with Gasteiger partial charge in [-0.3, -0.25) is 9.48 Å². The average Bonchev–Trinajstić information content (AvgIpc) is 2.95. The van der Waals surface area contributed by atoms with E-state index in [1.165, 1.54) is 5.56 Å². The van der Waals surface area contributed by atoms with Crippen molar-refractivity contribution in [1.29, 1.82) is 0 Å². The fraction of sp³-hybridized carbons (Fsp3) is 0.375. The lowest BCUT2D eigenvalue weighted by atomic mass is 10.1.